The minimum atomic E-state index is -0.399. The molecule has 5 rings (SSSR count). The van der Waals surface area contributed by atoms with E-state index in [0.29, 0.717) is 45.3 Å². The van der Waals surface area contributed by atoms with Gasteiger partial charge in [0.1, 0.15) is 17.0 Å². The molecule has 9 heteroatoms. The molecule has 0 bridgehead atoms. The van der Waals surface area contributed by atoms with Gasteiger partial charge in [0.25, 0.3) is 0 Å². The number of phenols is 1. The summed E-state index contributed by atoms with van der Waals surface area (Å²) in [4.78, 5) is 6.52. The highest BCUT2D eigenvalue weighted by molar-refractivity contribution is 5.85. The molecule has 2 aromatic carbocycles. The van der Waals surface area contributed by atoms with Crippen molar-refractivity contribution in [3.63, 3.8) is 0 Å². The fraction of sp³-hybridized carbons (Fsp3) is 0.273. The van der Waals surface area contributed by atoms with Crippen LogP contribution in [0.15, 0.2) is 42.7 Å². The van der Waals surface area contributed by atoms with Gasteiger partial charge in [-0.1, -0.05) is 6.07 Å². The Hall–Kier alpha value is -3.59. The Morgan fingerprint density at radius 2 is 2.03 bits per heavy atom. The SMILES string of the molecule is CC1CN(c2ncc(-c3ccc(-c4cc(F)c5nn(C)cc5c4)cc3O)nn2)CCN1. The number of rotatable bonds is 3. The number of hydrogen-bond acceptors (Lipinski definition) is 7. The summed E-state index contributed by atoms with van der Waals surface area (Å²) in [5.41, 5.74) is 2.68. The van der Waals surface area contributed by atoms with Gasteiger partial charge in [0.15, 0.2) is 5.82 Å². The Morgan fingerprint density at radius 3 is 2.77 bits per heavy atom. The molecular formula is C22H22FN7O. The highest BCUT2D eigenvalue weighted by Gasteiger charge is 2.19. The quantitative estimate of drug-likeness (QED) is 0.528. The zero-order valence-electron chi connectivity index (χ0n) is 17.2. The number of aryl methyl sites for hydroxylation is 1. The summed E-state index contributed by atoms with van der Waals surface area (Å²) in [5, 5.41) is 27.3. The number of aromatic hydroxyl groups is 1. The van der Waals surface area contributed by atoms with Crippen LogP contribution in [0.5, 0.6) is 5.75 Å². The van der Waals surface area contributed by atoms with Gasteiger partial charge in [0.2, 0.25) is 5.95 Å². The Balaban J connectivity index is 1.43. The topological polar surface area (TPSA) is 92.0 Å². The molecule has 2 aromatic heterocycles. The molecule has 1 unspecified atom stereocenters. The Kier molecular flexibility index (Phi) is 4.74. The molecule has 1 aliphatic heterocycles. The third kappa shape index (κ3) is 3.68. The summed E-state index contributed by atoms with van der Waals surface area (Å²) in [5.74, 6) is 0.210. The minimum Gasteiger partial charge on any atom is -0.507 e. The van der Waals surface area contributed by atoms with Gasteiger partial charge in [-0.05, 0) is 42.3 Å². The summed E-state index contributed by atoms with van der Waals surface area (Å²) in [7, 11) is 1.75. The molecule has 1 atom stereocenters. The standard InChI is InChI=1S/C22H22FN7O/c1-13-11-30(6-5-24-13)22-25-10-19(26-27-22)17-4-3-14(9-20(17)31)15-7-16-12-29(2)28-21(16)18(23)8-15/h3-4,7-10,12-13,24,31H,5-6,11H2,1-2H3. The van der Waals surface area contributed by atoms with Gasteiger partial charge < -0.3 is 15.3 Å². The van der Waals surface area contributed by atoms with E-state index < -0.39 is 5.82 Å². The molecule has 31 heavy (non-hydrogen) atoms. The van der Waals surface area contributed by atoms with E-state index >= 15 is 0 Å². The van der Waals surface area contributed by atoms with Crippen molar-refractivity contribution in [2.75, 3.05) is 24.5 Å². The second-order valence-electron chi connectivity index (χ2n) is 7.88. The molecule has 0 radical (unpaired) electrons. The number of fused-ring (bicyclic) bond motifs is 1. The van der Waals surface area contributed by atoms with E-state index in [1.54, 1.807) is 36.3 Å². The number of hydrogen-bond donors (Lipinski definition) is 2. The first kappa shape index (κ1) is 19.4. The molecule has 1 aliphatic rings. The predicted molar refractivity (Wildman–Crippen MR) is 116 cm³/mol. The Labute approximate surface area is 178 Å². The van der Waals surface area contributed by atoms with Crippen LogP contribution in [-0.2, 0) is 7.05 Å². The van der Waals surface area contributed by atoms with E-state index in [0.717, 1.165) is 19.6 Å². The van der Waals surface area contributed by atoms with Crippen LogP contribution in [0.2, 0.25) is 0 Å². The Bertz CT molecular complexity index is 1250. The fourth-order valence-electron chi connectivity index (χ4n) is 3.96. The number of anilines is 1. The van der Waals surface area contributed by atoms with Crippen molar-refractivity contribution >= 4 is 16.9 Å². The molecular weight excluding hydrogens is 397 g/mol. The second kappa shape index (κ2) is 7.59. The monoisotopic (exact) mass is 419 g/mol. The maximum absolute atomic E-state index is 14.4. The molecule has 8 nitrogen and oxygen atoms in total. The zero-order chi connectivity index (χ0) is 21.5. The van der Waals surface area contributed by atoms with Gasteiger partial charge in [-0.25, -0.2) is 9.37 Å². The van der Waals surface area contributed by atoms with Crippen LogP contribution in [0, 0.1) is 5.82 Å². The molecule has 0 aliphatic carbocycles. The maximum atomic E-state index is 14.4. The molecule has 1 saturated heterocycles. The average Bonchev–Trinajstić information content (AvgIpc) is 3.15. The van der Waals surface area contributed by atoms with Crippen molar-refractivity contribution in [1.82, 2.24) is 30.3 Å². The Morgan fingerprint density at radius 1 is 1.16 bits per heavy atom. The highest BCUT2D eigenvalue weighted by atomic mass is 19.1. The third-order valence-corrected chi connectivity index (χ3v) is 5.48. The first-order valence-corrected chi connectivity index (χ1v) is 10.1. The number of benzene rings is 2. The van der Waals surface area contributed by atoms with Crippen molar-refractivity contribution in [3.05, 3.63) is 48.5 Å². The second-order valence-corrected chi connectivity index (χ2v) is 7.88. The lowest BCUT2D eigenvalue weighted by atomic mass is 10.0. The van der Waals surface area contributed by atoms with Crippen molar-refractivity contribution in [2.24, 2.45) is 7.05 Å². The van der Waals surface area contributed by atoms with E-state index in [1.807, 2.05) is 12.1 Å². The van der Waals surface area contributed by atoms with Crippen LogP contribution in [0.1, 0.15) is 6.92 Å². The van der Waals surface area contributed by atoms with Crippen molar-refractivity contribution in [1.29, 1.82) is 0 Å². The summed E-state index contributed by atoms with van der Waals surface area (Å²) in [6.07, 6.45) is 3.38. The summed E-state index contributed by atoms with van der Waals surface area (Å²) < 4.78 is 16.0. The number of nitrogens with one attached hydrogen (secondary N) is 1. The fourth-order valence-corrected chi connectivity index (χ4v) is 3.96. The van der Waals surface area contributed by atoms with Crippen LogP contribution in [0.25, 0.3) is 33.3 Å². The number of nitrogens with zero attached hydrogens (tertiary/aromatic N) is 6. The minimum absolute atomic E-state index is 0.0313. The van der Waals surface area contributed by atoms with Crippen LogP contribution >= 0.6 is 0 Å². The number of piperazine rings is 1. The van der Waals surface area contributed by atoms with Crippen molar-refractivity contribution in [2.45, 2.75) is 13.0 Å². The van der Waals surface area contributed by atoms with E-state index in [2.05, 4.69) is 37.4 Å². The lowest BCUT2D eigenvalue weighted by Gasteiger charge is -2.31. The molecule has 0 amide bonds. The average molecular weight is 419 g/mol. The summed E-state index contributed by atoms with van der Waals surface area (Å²) in [6, 6.07) is 8.80. The van der Waals surface area contributed by atoms with Crippen LogP contribution in [0.3, 0.4) is 0 Å². The predicted octanol–water partition coefficient (Wildman–Crippen LogP) is 2.74. The normalized spacial score (nSPS) is 16.7. The van der Waals surface area contributed by atoms with E-state index in [9.17, 15) is 9.50 Å². The molecule has 2 N–H and O–H groups in total. The molecule has 0 saturated carbocycles. The zero-order valence-corrected chi connectivity index (χ0v) is 17.2. The molecule has 1 fully saturated rings. The van der Waals surface area contributed by atoms with Crippen molar-refractivity contribution < 1.29 is 9.50 Å². The first-order valence-electron chi connectivity index (χ1n) is 10.1. The molecule has 4 aromatic rings. The summed E-state index contributed by atoms with van der Waals surface area (Å²) in [6.45, 7) is 4.63. The number of halogens is 1. The lowest BCUT2D eigenvalue weighted by Crippen LogP contribution is -2.49. The number of aromatic nitrogens is 5. The van der Waals surface area contributed by atoms with Crippen LogP contribution in [-0.4, -0.2) is 55.7 Å². The van der Waals surface area contributed by atoms with Crippen molar-refractivity contribution in [3.8, 4) is 28.1 Å². The van der Waals surface area contributed by atoms with E-state index in [-0.39, 0.29) is 5.75 Å². The van der Waals surface area contributed by atoms with E-state index in [1.165, 1.54) is 6.07 Å². The highest BCUT2D eigenvalue weighted by Crippen LogP contribution is 2.34. The van der Waals surface area contributed by atoms with Gasteiger partial charge in [-0.2, -0.15) is 5.10 Å². The molecule has 0 spiro atoms. The van der Waals surface area contributed by atoms with Crippen LogP contribution < -0.4 is 10.2 Å². The smallest absolute Gasteiger partial charge is 0.245 e. The molecule has 3 heterocycles. The van der Waals surface area contributed by atoms with Gasteiger partial charge in [-0.3, -0.25) is 4.68 Å². The lowest BCUT2D eigenvalue weighted by molar-refractivity contribution is 0.476. The number of phenolic OH excluding ortho intramolecular Hbond substituents is 1. The molecule has 158 valence electrons. The van der Waals surface area contributed by atoms with Gasteiger partial charge in [0.05, 0.1) is 6.20 Å². The third-order valence-electron chi connectivity index (χ3n) is 5.48. The van der Waals surface area contributed by atoms with Gasteiger partial charge in [0, 0.05) is 49.9 Å². The maximum Gasteiger partial charge on any atom is 0.245 e. The van der Waals surface area contributed by atoms with Crippen LogP contribution in [0.4, 0.5) is 10.3 Å². The summed E-state index contributed by atoms with van der Waals surface area (Å²) >= 11 is 0. The van der Waals surface area contributed by atoms with Gasteiger partial charge in [-0.15, -0.1) is 10.2 Å². The first-order chi connectivity index (χ1) is 15.0. The van der Waals surface area contributed by atoms with E-state index in [4.69, 9.17) is 0 Å². The largest absolute Gasteiger partial charge is 0.507 e. The van der Waals surface area contributed by atoms with Gasteiger partial charge >= 0.3 is 0 Å².